The minimum Gasteiger partial charge on any atom is -0.322 e. The first-order valence-electron chi connectivity index (χ1n) is 6.73. The van der Waals surface area contributed by atoms with Gasteiger partial charge in [-0.05, 0) is 42.8 Å². The molecular weight excluding hydrogens is 283 g/mol. The number of benzene rings is 2. The summed E-state index contributed by atoms with van der Waals surface area (Å²) < 4.78 is 13.1. The van der Waals surface area contributed by atoms with E-state index in [1.54, 1.807) is 12.1 Å². The second kappa shape index (κ2) is 5.44. The summed E-state index contributed by atoms with van der Waals surface area (Å²) in [4.78, 5) is 26.3. The van der Waals surface area contributed by atoms with Crippen LogP contribution in [0.3, 0.4) is 0 Å². The number of aryl methyl sites for hydroxylation is 1. The summed E-state index contributed by atoms with van der Waals surface area (Å²) in [6, 6.07) is 12.2. The molecule has 3 rings (SSSR count). The minimum absolute atomic E-state index is 0.196. The topological polar surface area (TPSA) is 62.0 Å². The normalized spacial score (nSPS) is 10.6. The zero-order chi connectivity index (χ0) is 15.7. The van der Waals surface area contributed by atoms with Crippen molar-refractivity contribution in [3.63, 3.8) is 0 Å². The monoisotopic (exact) mass is 296 g/mol. The Hall–Kier alpha value is -2.95. The maximum Gasteiger partial charge on any atom is 0.255 e. The molecule has 1 amide bonds. The Kier molecular flexibility index (Phi) is 3.47. The first kappa shape index (κ1) is 14.0. The summed E-state index contributed by atoms with van der Waals surface area (Å²) in [5.41, 5.74) is 2.07. The highest BCUT2D eigenvalue weighted by atomic mass is 19.1. The molecular formula is C17H13FN2O2. The molecule has 0 aliphatic rings. The Morgan fingerprint density at radius 3 is 2.73 bits per heavy atom. The largest absolute Gasteiger partial charge is 0.322 e. The van der Waals surface area contributed by atoms with Crippen LogP contribution >= 0.6 is 0 Å². The van der Waals surface area contributed by atoms with Gasteiger partial charge in [-0.15, -0.1) is 0 Å². The summed E-state index contributed by atoms with van der Waals surface area (Å²) in [5.74, 6) is -0.875. The number of hydrogen-bond acceptors (Lipinski definition) is 2. The Balaban J connectivity index is 1.94. The third-order valence-electron chi connectivity index (χ3n) is 3.39. The number of halogens is 1. The second-order valence-electron chi connectivity index (χ2n) is 5.04. The van der Waals surface area contributed by atoms with Crippen LogP contribution in [-0.4, -0.2) is 10.9 Å². The van der Waals surface area contributed by atoms with E-state index in [0.717, 1.165) is 10.9 Å². The zero-order valence-corrected chi connectivity index (χ0v) is 11.8. The van der Waals surface area contributed by atoms with Crippen molar-refractivity contribution in [2.24, 2.45) is 0 Å². The molecule has 110 valence electrons. The van der Waals surface area contributed by atoms with Crippen LogP contribution in [0.25, 0.3) is 10.9 Å². The summed E-state index contributed by atoms with van der Waals surface area (Å²) >= 11 is 0. The number of rotatable bonds is 2. The number of carbonyl (C=O) groups is 1. The van der Waals surface area contributed by atoms with Gasteiger partial charge < -0.3 is 10.3 Å². The Labute approximate surface area is 125 Å². The second-order valence-corrected chi connectivity index (χ2v) is 5.04. The Morgan fingerprint density at radius 1 is 1.14 bits per heavy atom. The molecule has 0 fully saturated rings. The maximum atomic E-state index is 13.1. The molecule has 0 saturated carbocycles. The summed E-state index contributed by atoms with van der Waals surface area (Å²) in [7, 11) is 0. The van der Waals surface area contributed by atoms with Gasteiger partial charge in [0.2, 0.25) is 5.56 Å². The SMILES string of the molecule is Cc1cc(=O)[nH]c2cc(NC(=O)c3cccc(F)c3)ccc12. The minimum atomic E-state index is -0.467. The van der Waals surface area contributed by atoms with Gasteiger partial charge in [-0.25, -0.2) is 4.39 Å². The number of pyridine rings is 1. The average Bonchev–Trinajstić information content (AvgIpc) is 2.46. The van der Waals surface area contributed by atoms with Crippen LogP contribution in [0.15, 0.2) is 53.3 Å². The average molecular weight is 296 g/mol. The highest BCUT2D eigenvalue weighted by molar-refractivity contribution is 6.05. The van der Waals surface area contributed by atoms with Crippen molar-refractivity contribution >= 4 is 22.5 Å². The number of anilines is 1. The van der Waals surface area contributed by atoms with Crippen LogP contribution in [-0.2, 0) is 0 Å². The van der Waals surface area contributed by atoms with E-state index in [9.17, 15) is 14.0 Å². The third-order valence-corrected chi connectivity index (χ3v) is 3.39. The molecule has 0 radical (unpaired) electrons. The van der Waals surface area contributed by atoms with Gasteiger partial charge in [0, 0.05) is 22.7 Å². The number of amides is 1. The summed E-state index contributed by atoms with van der Waals surface area (Å²) in [6.45, 7) is 1.85. The van der Waals surface area contributed by atoms with Crippen molar-refractivity contribution < 1.29 is 9.18 Å². The molecule has 0 unspecified atom stereocenters. The molecule has 0 saturated heterocycles. The lowest BCUT2D eigenvalue weighted by atomic mass is 10.1. The van der Waals surface area contributed by atoms with Gasteiger partial charge in [-0.2, -0.15) is 0 Å². The van der Waals surface area contributed by atoms with Gasteiger partial charge in [-0.1, -0.05) is 12.1 Å². The molecule has 4 nitrogen and oxygen atoms in total. The van der Waals surface area contributed by atoms with E-state index in [1.807, 2.05) is 13.0 Å². The molecule has 1 heterocycles. The van der Waals surface area contributed by atoms with Gasteiger partial charge in [0.1, 0.15) is 5.82 Å². The lowest BCUT2D eigenvalue weighted by molar-refractivity contribution is 0.102. The van der Waals surface area contributed by atoms with Crippen molar-refractivity contribution in [2.45, 2.75) is 6.92 Å². The number of hydrogen-bond donors (Lipinski definition) is 2. The molecule has 0 aliphatic heterocycles. The fourth-order valence-corrected chi connectivity index (χ4v) is 2.35. The lowest BCUT2D eigenvalue weighted by Gasteiger charge is -2.08. The maximum absolute atomic E-state index is 13.1. The first-order chi connectivity index (χ1) is 10.5. The third kappa shape index (κ3) is 2.74. The van der Waals surface area contributed by atoms with Crippen LogP contribution in [0.2, 0.25) is 0 Å². The Bertz CT molecular complexity index is 931. The van der Waals surface area contributed by atoms with Gasteiger partial charge in [0.05, 0.1) is 5.52 Å². The van der Waals surface area contributed by atoms with E-state index in [1.165, 1.54) is 30.3 Å². The van der Waals surface area contributed by atoms with Crippen LogP contribution in [0.4, 0.5) is 10.1 Å². The number of aromatic nitrogens is 1. The molecule has 2 aromatic carbocycles. The van der Waals surface area contributed by atoms with E-state index in [-0.39, 0.29) is 11.1 Å². The first-order valence-corrected chi connectivity index (χ1v) is 6.73. The van der Waals surface area contributed by atoms with E-state index >= 15 is 0 Å². The number of H-pyrrole nitrogens is 1. The van der Waals surface area contributed by atoms with Crippen molar-refractivity contribution in [1.82, 2.24) is 4.98 Å². The standard InChI is InChI=1S/C17H13FN2O2/c1-10-7-16(21)20-15-9-13(5-6-14(10)15)19-17(22)11-3-2-4-12(18)8-11/h2-9H,1H3,(H,19,22)(H,20,21). The molecule has 0 spiro atoms. The number of nitrogens with one attached hydrogen (secondary N) is 2. The lowest BCUT2D eigenvalue weighted by Crippen LogP contribution is -2.12. The smallest absolute Gasteiger partial charge is 0.255 e. The number of aromatic amines is 1. The fraction of sp³-hybridized carbons (Fsp3) is 0.0588. The molecule has 22 heavy (non-hydrogen) atoms. The predicted octanol–water partition coefficient (Wildman–Crippen LogP) is 3.23. The molecule has 0 aliphatic carbocycles. The molecule has 2 N–H and O–H groups in total. The van der Waals surface area contributed by atoms with Gasteiger partial charge >= 0.3 is 0 Å². The van der Waals surface area contributed by atoms with Crippen LogP contribution in [0.1, 0.15) is 15.9 Å². The van der Waals surface area contributed by atoms with Crippen LogP contribution in [0, 0.1) is 12.7 Å². The fourth-order valence-electron chi connectivity index (χ4n) is 2.35. The van der Waals surface area contributed by atoms with E-state index in [4.69, 9.17) is 0 Å². The van der Waals surface area contributed by atoms with E-state index in [0.29, 0.717) is 11.2 Å². The van der Waals surface area contributed by atoms with Gasteiger partial charge in [-0.3, -0.25) is 9.59 Å². The van der Waals surface area contributed by atoms with Crippen molar-refractivity contribution in [2.75, 3.05) is 5.32 Å². The highest BCUT2D eigenvalue weighted by Crippen LogP contribution is 2.19. The highest BCUT2D eigenvalue weighted by Gasteiger charge is 2.08. The summed E-state index contributed by atoms with van der Waals surface area (Å²) in [5, 5.41) is 3.59. The molecule has 0 atom stereocenters. The van der Waals surface area contributed by atoms with E-state index < -0.39 is 11.7 Å². The quantitative estimate of drug-likeness (QED) is 0.762. The summed E-state index contributed by atoms with van der Waals surface area (Å²) in [6.07, 6.45) is 0. The van der Waals surface area contributed by atoms with Gasteiger partial charge in [0.15, 0.2) is 0 Å². The zero-order valence-electron chi connectivity index (χ0n) is 11.8. The Morgan fingerprint density at radius 2 is 1.95 bits per heavy atom. The number of carbonyl (C=O) groups excluding carboxylic acids is 1. The molecule has 5 heteroatoms. The van der Waals surface area contributed by atoms with Gasteiger partial charge in [0.25, 0.3) is 5.91 Å². The van der Waals surface area contributed by atoms with Crippen molar-refractivity contribution in [3.8, 4) is 0 Å². The van der Waals surface area contributed by atoms with Crippen LogP contribution in [0.5, 0.6) is 0 Å². The molecule has 3 aromatic rings. The molecule has 0 bridgehead atoms. The van der Waals surface area contributed by atoms with Crippen molar-refractivity contribution in [1.29, 1.82) is 0 Å². The molecule has 1 aromatic heterocycles. The van der Waals surface area contributed by atoms with E-state index in [2.05, 4.69) is 10.3 Å². The number of fused-ring (bicyclic) bond motifs is 1. The predicted molar refractivity (Wildman–Crippen MR) is 83.7 cm³/mol. The van der Waals surface area contributed by atoms with Crippen molar-refractivity contribution in [3.05, 3.63) is 75.8 Å². The van der Waals surface area contributed by atoms with Crippen LogP contribution < -0.4 is 10.9 Å².